The van der Waals surface area contributed by atoms with Crippen molar-refractivity contribution in [2.24, 2.45) is 0 Å². The lowest BCUT2D eigenvalue weighted by Gasteiger charge is -2.26. The second-order valence-corrected chi connectivity index (χ2v) is 26.2. The van der Waals surface area contributed by atoms with E-state index in [4.69, 9.17) is 18.9 Å². The van der Waals surface area contributed by atoms with Crippen LogP contribution in [0.1, 0.15) is 373 Å². The van der Waals surface area contributed by atoms with Crippen LogP contribution in [0.4, 0.5) is 0 Å². The first-order valence-electron chi connectivity index (χ1n) is 36.5. The number of ether oxygens (including phenoxy) is 4. The van der Waals surface area contributed by atoms with Crippen LogP contribution in [0.25, 0.3) is 0 Å². The number of unbranched alkanes of at least 4 members (excludes halogenated alkanes) is 50. The van der Waals surface area contributed by atoms with Crippen molar-refractivity contribution < 1.29 is 42.9 Å². The molecule has 83 heavy (non-hydrogen) atoms. The van der Waals surface area contributed by atoms with Crippen molar-refractivity contribution in [2.45, 2.75) is 386 Å². The monoisotopic (exact) mass is 1170 g/mol. The van der Waals surface area contributed by atoms with Crippen LogP contribution in [0, 0.1) is 0 Å². The van der Waals surface area contributed by atoms with E-state index >= 15 is 0 Å². The molecule has 0 radical (unpaired) electrons. The molecule has 0 aliphatic heterocycles. The van der Waals surface area contributed by atoms with E-state index < -0.39 is 24.3 Å². The predicted octanol–water partition coefficient (Wildman–Crippen LogP) is 21.3. The van der Waals surface area contributed by atoms with Crippen LogP contribution in [-0.4, -0.2) is 82.3 Å². The zero-order chi connectivity index (χ0) is 60.5. The molecule has 0 bridgehead atoms. The van der Waals surface area contributed by atoms with E-state index in [1.54, 1.807) is 0 Å². The number of allylic oxidation sites excluding steroid dienone is 4. The highest BCUT2D eigenvalue weighted by Gasteiger charge is 2.22. The normalized spacial score (nSPS) is 12.7. The Morgan fingerprint density at radius 1 is 0.361 bits per heavy atom. The maximum Gasteiger partial charge on any atom is 0.306 e. The molecule has 0 aromatic heterocycles. The molecule has 0 spiro atoms. The van der Waals surface area contributed by atoms with E-state index in [9.17, 15) is 19.5 Å². The maximum absolute atomic E-state index is 12.9. The van der Waals surface area contributed by atoms with Crippen LogP contribution >= 0.6 is 0 Å². The van der Waals surface area contributed by atoms with Gasteiger partial charge in [-0.3, -0.25) is 9.59 Å². The van der Waals surface area contributed by atoms with Crippen molar-refractivity contribution in [3.63, 3.8) is 0 Å². The van der Waals surface area contributed by atoms with Gasteiger partial charge in [-0.25, -0.2) is 0 Å². The molecular formula is C74H141NO8. The molecule has 0 saturated heterocycles. The van der Waals surface area contributed by atoms with Gasteiger partial charge in [-0.15, -0.1) is 0 Å². The Kier molecular flexibility index (Phi) is 64.0. The number of aliphatic carboxylic acids is 1. The third kappa shape index (κ3) is 67.1. The Hall–Kier alpha value is -2.23. The van der Waals surface area contributed by atoms with Gasteiger partial charge in [0.25, 0.3) is 0 Å². The highest BCUT2D eigenvalue weighted by molar-refractivity contribution is 5.70. The number of nitrogens with zero attached hydrogens (tertiary/aromatic N) is 1. The van der Waals surface area contributed by atoms with Crippen LogP contribution in [0.2, 0.25) is 0 Å². The van der Waals surface area contributed by atoms with Gasteiger partial charge in [-0.05, 0) is 44.9 Å². The van der Waals surface area contributed by atoms with Crippen molar-refractivity contribution in [1.29, 1.82) is 0 Å². The topological polar surface area (TPSA) is 111 Å². The Bertz CT molecular complexity index is 1410. The molecule has 0 rings (SSSR count). The van der Waals surface area contributed by atoms with Crippen molar-refractivity contribution in [3.8, 4) is 0 Å². The summed E-state index contributed by atoms with van der Waals surface area (Å²) < 4.78 is 22.8. The summed E-state index contributed by atoms with van der Waals surface area (Å²) in [4.78, 5) is 37.5. The van der Waals surface area contributed by atoms with Gasteiger partial charge in [0.15, 0.2) is 12.4 Å². The second kappa shape index (κ2) is 65.7. The lowest BCUT2D eigenvalue weighted by Crippen LogP contribution is -2.44. The molecule has 0 aliphatic carbocycles. The summed E-state index contributed by atoms with van der Waals surface area (Å²) in [6, 6.07) is 0. The molecule has 0 saturated carbocycles. The molecule has 2 unspecified atom stereocenters. The fraction of sp³-hybridized carbons (Fsp3) is 0.905. The summed E-state index contributed by atoms with van der Waals surface area (Å²) in [6.45, 7) is 4.82. The van der Waals surface area contributed by atoms with Gasteiger partial charge in [0, 0.05) is 12.8 Å². The van der Waals surface area contributed by atoms with Gasteiger partial charge in [0.1, 0.15) is 13.2 Å². The van der Waals surface area contributed by atoms with E-state index in [0.29, 0.717) is 17.4 Å². The maximum atomic E-state index is 12.9. The first kappa shape index (κ1) is 80.8. The van der Waals surface area contributed by atoms with Gasteiger partial charge in [-0.2, -0.15) is 0 Å². The summed E-state index contributed by atoms with van der Waals surface area (Å²) in [6.07, 6.45) is 78.5. The molecule has 0 aliphatic rings. The summed E-state index contributed by atoms with van der Waals surface area (Å²) in [7, 11) is 5.95. The zero-order valence-electron chi connectivity index (χ0n) is 56.1. The lowest BCUT2D eigenvalue weighted by molar-refractivity contribution is -0.870. The highest BCUT2D eigenvalue weighted by atomic mass is 16.7. The fourth-order valence-electron chi connectivity index (χ4n) is 11.1. The highest BCUT2D eigenvalue weighted by Crippen LogP contribution is 2.19. The number of carbonyl (C=O) groups is 3. The number of carboxylic acid groups (broad SMARTS) is 1. The second-order valence-electron chi connectivity index (χ2n) is 26.2. The van der Waals surface area contributed by atoms with Crippen molar-refractivity contribution >= 4 is 17.9 Å². The minimum absolute atomic E-state index is 0.151. The average Bonchev–Trinajstić information content (AvgIpc) is 3.46. The van der Waals surface area contributed by atoms with Gasteiger partial charge in [0.05, 0.1) is 40.3 Å². The van der Waals surface area contributed by atoms with E-state index in [1.165, 1.54) is 302 Å². The fourth-order valence-corrected chi connectivity index (χ4v) is 11.1. The van der Waals surface area contributed by atoms with E-state index in [1.807, 2.05) is 21.1 Å². The number of carboxylic acids is 1. The minimum atomic E-state index is -1.62. The number of rotatable bonds is 69. The third-order valence-corrected chi connectivity index (χ3v) is 16.7. The summed E-state index contributed by atoms with van der Waals surface area (Å²) in [5, 5.41) is 11.8. The van der Waals surface area contributed by atoms with Gasteiger partial charge >= 0.3 is 11.9 Å². The minimum Gasteiger partial charge on any atom is -0.545 e. The standard InChI is InChI=1S/C74H141NO8/c1-6-8-10-12-14-16-18-20-22-24-26-28-30-32-34-35-36-37-39-40-42-44-46-48-50-52-54-56-58-60-62-64-71(76)81-68-70(69-82-74(73(78)79)80-67-66-75(3,4)5)83-72(77)65-63-61-59-57-55-53-51-49-47-45-43-41-38-33-31-29-27-25-23-21-19-17-15-13-11-9-7-2/h19,21,25,27,70,74H,6-18,20,22-24,26,28-69H2,1-5H3/b21-19-,27-25-. The molecular weight excluding hydrogens is 1030 g/mol. The molecule has 0 amide bonds. The number of hydrogen-bond acceptors (Lipinski definition) is 8. The van der Waals surface area contributed by atoms with Crippen molar-refractivity contribution in [1.82, 2.24) is 0 Å². The van der Waals surface area contributed by atoms with Crippen LogP contribution in [-0.2, 0) is 33.3 Å². The largest absolute Gasteiger partial charge is 0.545 e. The first-order valence-corrected chi connectivity index (χ1v) is 36.5. The number of likely N-dealkylation sites (N-methyl/N-ethyl adjacent to an activating group) is 1. The predicted molar refractivity (Wildman–Crippen MR) is 353 cm³/mol. The Labute approximate surface area is 516 Å². The summed E-state index contributed by atoms with van der Waals surface area (Å²) in [5.41, 5.74) is 0. The van der Waals surface area contributed by atoms with E-state index in [2.05, 4.69) is 38.2 Å². The zero-order valence-corrected chi connectivity index (χ0v) is 56.1. The lowest BCUT2D eigenvalue weighted by atomic mass is 10.0. The van der Waals surface area contributed by atoms with Crippen LogP contribution in [0.5, 0.6) is 0 Å². The number of carbonyl (C=O) groups excluding carboxylic acids is 3. The Morgan fingerprint density at radius 2 is 0.651 bits per heavy atom. The molecule has 0 fully saturated rings. The molecule has 0 aromatic carbocycles. The van der Waals surface area contributed by atoms with Crippen molar-refractivity contribution in [2.75, 3.05) is 47.5 Å². The van der Waals surface area contributed by atoms with Gasteiger partial charge in [0.2, 0.25) is 0 Å². The van der Waals surface area contributed by atoms with Crippen molar-refractivity contribution in [3.05, 3.63) is 24.3 Å². The molecule has 0 heterocycles. The SMILES string of the molecule is CCCCCCC/C=C\C/C=C\CCCCCCCCCCCCCCCCCC(=O)OC(COC(=O)CCCCCCCCCCCCCCCCCCCCCCCCCCCCCCCCC)COC(OCC[N+](C)(C)C)C(=O)[O-]. The van der Waals surface area contributed by atoms with Gasteiger partial charge in [-0.1, -0.05) is 340 Å². The third-order valence-electron chi connectivity index (χ3n) is 16.7. The number of hydrogen-bond donors (Lipinski definition) is 0. The summed E-state index contributed by atoms with van der Waals surface area (Å²) in [5.74, 6) is -2.25. The molecule has 490 valence electrons. The summed E-state index contributed by atoms with van der Waals surface area (Å²) >= 11 is 0. The molecule has 9 heteroatoms. The Morgan fingerprint density at radius 3 is 0.952 bits per heavy atom. The smallest absolute Gasteiger partial charge is 0.306 e. The quantitative estimate of drug-likeness (QED) is 0.0195. The molecule has 2 atom stereocenters. The van der Waals surface area contributed by atoms with Crippen LogP contribution in [0.15, 0.2) is 24.3 Å². The molecule has 9 nitrogen and oxygen atoms in total. The Balaban J connectivity index is 4.03. The van der Waals surface area contributed by atoms with Gasteiger partial charge < -0.3 is 33.3 Å². The number of quaternary nitrogens is 1. The average molecular weight is 1170 g/mol. The number of esters is 2. The first-order chi connectivity index (χ1) is 40.6. The van der Waals surface area contributed by atoms with Crippen LogP contribution < -0.4 is 5.11 Å². The molecule has 0 N–H and O–H groups in total. The van der Waals surface area contributed by atoms with E-state index in [-0.39, 0.29) is 32.2 Å². The van der Waals surface area contributed by atoms with E-state index in [0.717, 1.165) is 44.9 Å². The van der Waals surface area contributed by atoms with Crippen LogP contribution in [0.3, 0.4) is 0 Å². The molecule has 0 aromatic rings.